The molecule has 0 amide bonds. The number of rotatable bonds is 37. The highest BCUT2D eigenvalue weighted by Gasteiger charge is 2.36. The van der Waals surface area contributed by atoms with Crippen molar-refractivity contribution in [3.8, 4) is 0 Å². The molecule has 0 bridgehead atoms. The van der Waals surface area contributed by atoms with Crippen molar-refractivity contribution in [2.75, 3.05) is 0 Å². The molecule has 29 atom stereocenters. The van der Waals surface area contributed by atoms with Gasteiger partial charge in [-0.05, 0) is 99.2 Å². The fraction of sp³-hybridized carbons (Fsp3) is 0.986. The first-order chi connectivity index (χ1) is 44.9. The summed E-state index contributed by atoms with van der Waals surface area (Å²) in [6.45, 7) is 41.2. The van der Waals surface area contributed by atoms with E-state index in [2.05, 4.69) is 0 Å². The number of aliphatic hydroxyl groups excluding tert-OH is 29. The minimum Gasteiger partial charge on any atom is -0.390 e. The number of hydrogen-bond donors (Lipinski definition) is 29. The van der Waals surface area contributed by atoms with Crippen LogP contribution in [0.5, 0.6) is 0 Å². The van der Waals surface area contributed by atoms with Crippen LogP contribution in [-0.2, 0) is 4.79 Å². The van der Waals surface area contributed by atoms with Crippen LogP contribution in [0.25, 0.3) is 0 Å². The second kappa shape index (κ2) is 61.6. The van der Waals surface area contributed by atoms with Crippen LogP contribution in [0, 0.1) is 47.3 Å². The van der Waals surface area contributed by atoms with Gasteiger partial charge in [-0.1, -0.05) is 159 Å². The molecule has 0 aliphatic carbocycles. The van der Waals surface area contributed by atoms with Crippen LogP contribution >= 0.6 is 0 Å². The van der Waals surface area contributed by atoms with Crippen LogP contribution in [-0.4, -0.2) is 331 Å². The van der Waals surface area contributed by atoms with Crippen molar-refractivity contribution in [3.05, 3.63) is 0 Å². The fourth-order valence-corrected chi connectivity index (χ4v) is 7.88. The molecule has 0 aromatic heterocycles. The minimum atomic E-state index is -1.65. The Morgan fingerprint density at radius 3 is 0.354 bits per heavy atom. The molecule has 608 valence electrons. The lowest BCUT2D eigenvalue weighted by atomic mass is 9.94. The number of ketones is 1. The van der Waals surface area contributed by atoms with E-state index in [0.717, 1.165) is 6.92 Å². The summed E-state index contributed by atoms with van der Waals surface area (Å²) in [5.74, 6) is -1.56. The number of aliphatic hydroxyl groups is 29. The van der Waals surface area contributed by atoms with E-state index in [1.54, 1.807) is 159 Å². The molecule has 29 N–H and O–H groups in total. The number of carbonyl (C=O) groups is 1. The second-order valence-corrected chi connectivity index (χ2v) is 28.1. The molecule has 30 heteroatoms. The van der Waals surface area contributed by atoms with Crippen LogP contribution in [0.15, 0.2) is 0 Å². The van der Waals surface area contributed by atoms with E-state index in [1.807, 2.05) is 0 Å². The number of hydrogen-bond acceptors (Lipinski definition) is 30. The van der Waals surface area contributed by atoms with Gasteiger partial charge in [0.15, 0.2) is 5.78 Å². The lowest BCUT2D eigenvalue weighted by molar-refractivity contribution is -0.145. The summed E-state index contributed by atoms with van der Waals surface area (Å²) in [5, 5.41) is 270. The molecule has 0 unspecified atom stereocenters. The third-order valence-corrected chi connectivity index (χ3v) is 16.4. The van der Waals surface area contributed by atoms with Crippen molar-refractivity contribution in [2.45, 2.75) is 388 Å². The Hall–Kier alpha value is -1.49. The monoisotopic (exact) mass is 1460 g/mol. The number of carbonyl (C=O) groups excluding carboxylic acids is 1. The molecular formula is C69H152O30. The molecule has 0 aromatic carbocycles. The van der Waals surface area contributed by atoms with Crippen molar-refractivity contribution in [1.82, 2.24) is 0 Å². The zero-order chi connectivity index (χ0) is 80.9. The van der Waals surface area contributed by atoms with Gasteiger partial charge in [-0.25, -0.2) is 0 Å². The van der Waals surface area contributed by atoms with Gasteiger partial charge in [0.1, 0.15) is 85.5 Å². The Bertz CT molecular complexity index is 1600. The molecule has 0 saturated carbocycles. The summed E-state index contributed by atoms with van der Waals surface area (Å²) in [7, 11) is 0. The maximum absolute atomic E-state index is 10.7. The molecule has 0 rings (SSSR count). The Balaban J connectivity index is -0.000000160. The normalized spacial score (nSPS) is 20.7. The largest absolute Gasteiger partial charge is 0.390 e. The third-order valence-electron chi connectivity index (χ3n) is 16.4. The Labute approximate surface area is 592 Å². The van der Waals surface area contributed by atoms with E-state index in [0.29, 0.717) is 44.9 Å². The summed E-state index contributed by atoms with van der Waals surface area (Å²) in [4.78, 5) is 10.7. The predicted molar refractivity (Wildman–Crippen MR) is 376 cm³/mol. The van der Waals surface area contributed by atoms with Crippen LogP contribution in [0.1, 0.15) is 211 Å². The quantitative estimate of drug-likeness (QED) is 0.0296. The van der Waals surface area contributed by atoms with Gasteiger partial charge in [0, 0.05) is 0 Å². The SMILES string of the molecule is CC(=O)[C@@H](O)[C@H](O)[C@H](O)[C@@H](O)C(C)C.CC[C@@H](O)[C@@H](O)[C@@H](O)C(C)C.CC[C@@H](O)[C@@H](O)[C@H](O)[C@@H](O)C(C)C.CC[C@@H](O)[C@@H](O)[C@H](O)[C@@H](O)C(C)C.CC[C@@H](O)[C@H](O)[C@@H](O)C(C)C.CC[C@@H](O)[C@H](O)[C@H](O)[C@@H](O)C(C)C.CC[C@H](O)[C@H](O)[C@@H](O)C(C)C.CC[C@H](O)[C@H](O)[C@@H](O)[C@@H](O)C(C)C. The highest BCUT2D eigenvalue weighted by molar-refractivity contribution is 5.80. The summed E-state index contributed by atoms with van der Waals surface area (Å²) < 4.78 is 0. The van der Waals surface area contributed by atoms with Crippen molar-refractivity contribution in [3.63, 3.8) is 0 Å². The van der Waals surface area contributed by atoms with E-state index >= 15 is 0 Å². The molecule has 0 heterocycles. The Morgan fingerprint density at radius 2 is 0.263 bits per heavy atom. The average molecular weight is 1460 g/mol. The molecule has 0 spiro atoms. The third kappa shape index (κ3) is 49.1. The lowest BCUT2D eigenvalue weighted by Gasteiger charge is -2.27. The maximum Gasteiger partial charge on any atom is 0.160 e. The zero-order valence-electron chi connectivity index (χ0n) is 64.2. The van der Waals surface area contributed by atoms with E-state index < -0.39 is 183 Å². The molecule has 99 heavy (non-hydrogen) atoms. The standard InChI is InChI=1S/C9H18O5.4C9H20O4.3C8H18O3/c1-4(2)6(11)8(13)9(14)7(12)5(3)10;4*1-4-6(10)8(12)9(13)7(11)5(2)3;3*1-4-6(9)8(11)7(10)5(2)3/h4,6-9,11-14H,1-3H3;4*5-13H,4H2,1-3H3;3*5-11H,4H2,1-3H3/t2*6-,7+,8+,9-;2*6-,7+,8-,9-;6-,7-,8-,9-;6-,7+,8+;6-,7+,8-;6-,7-,8-/m01110110/s1. The highest BCUT2D eigenvalue weighted by Crippen LogP contribution is 2.19. The molecule has 0 aromatic rings. The van der Waals surface area contributed by atoms with Gasteiger partial charge in [0.25, 0.3) is 0 Å². The molecule has 0 fully saturated rings. The van der Waals surface area contributed by atoms with Gasteiger partial charge >= 0.3 is 0 Å². The maximum atomic E-state index is 10.7. The predicted octanol–water partition coefficient (Wildman–Crippen LogP) is -2.94. The van der Waals surface area contributed by atoms with Crippen LogP contribution in [0.4, 0.5) is 0 Å². The van der Waals surface area contributed by atoms with E-state index in [1.165, 1.54) is 0 Å². The average Bonchev–Trinajstić information content (AvgIpc) is 1.05. The zero-order valence-corrected chi connectivity index (χ0v) is 64.2. The van der Waals surface area contributed by atoms with Crippen LogP contribution < -0.4 is 0 Å². The molecule has 0 aliphatic rings. The van der Waals surface area contributed by atoms with Crippen molar-refractivity contribution >= 4 is 5.78 Å². The first-order valence-corrected chi connectivity index (χ1v) is 35.2. The minimum absolute atomic E-state index is 0.0220. The van der Waals surface area contributed by atoms with Crippen LogP contribution in [0.2, 0.25) is 0 Å². The smallest absolute Gasteiger partial charge is 0.160 e. The van der Waals surface area contributed by atoms with Gasteiger partial charge in [-0.2, -0.15) is 0 Å². The van der Waals surface area contributed by atoms with Gasteiger partial charge < -0.3 is 148 Å². The second-order valence-electron chi connectivity index (χ2n) is 28.1. The van der Waals surface area contributed by atoms with Crippen molar-refractivity contribution < 1.29 is 153 Å². The van der Waals surface area contributed by atoms with Crippen molar-refractivity contribution in [1.29, 1.82) is 0 Å². The summed E-state index contributed by atoms with van der Waals surface area (Å²) >= 11 is 0. The topological polar surface area (TPSA) is 604 Å². The van der Waals surface area contributed by atoms with E-state index in [9.17, 15) is 132 Å². The highest BCUT2D eigenvalue weighted by atomic mass is 16.4. The van der Waals surface area contributed by atoms with Crippen LogP contribution in [0.3, 0.4) is 0 Å². The van der Waals surface area contributed by atoms with E-state index in [4.69, 9.17) is 20.4 Å². The fourth-order valence-electron chi connectivity index (χ4n) is 7.88. The van der Waals surface area contributed by atoms with Gasteiger partial charge in [0.2, 0.25) is 0 Å². The van der Waals surface area contributed by atoms with Gasteiger partial charge in [-0.15, -0.1) is 0 Å². The van der Waals surface area contributed by atoms with Crippen molar-refractivity contribution in [2.24, 2.45) is 47.3 Å². The first kappa shape index (κ1) is 113. The summed E-state index contributed by atoms with van der Waals surface area (Å²) in [6.07, 6.45) is -29.3. The van der Waals surface area contributed by atoms with Gasteiger partial charge in [0.05, 0.1) is 91.6 Å². The molecule has 0 radical (unpaired) electrons. The lowest BCUT2D eigenvalue weighted by Crippen LogP contribution is -2.48. The van der Waals surface area contributed by atoms with E-state index in [-0.39, 0.29) is 47.3 Å². The summed E-state index contributed by atoms with van der Waals surface area (Å²) in [6, 6.07) is 0. The first-order valence-electron chi connectivity index (χ1n) is 35.2. The molecule has 30 nitrogen and oxygen atoms in total. The molecule has 0 aliphatic heterocycles. The molecular weight excluding hydrogens is 1310 g/mol. The Kier molecular flexibility index (Phi) is 70.6. The van der Waals surface area contributed by atoms with Gasteiger partial charge in [-0.3, -0.25) is 4.79 Å². The Morgan fingerprint density at radius 1 is 0.172 bits per heavy atom. The summed E-state index contributed by atoms with van der Waals surface area (Å²) in [5.41, 5.74) is 0. The number of Topliss-reactive ketones (excluding diaryl/α,β-unsaturated/α-hetero) is 1. The molecule has 0 saturated heterocycles.